The lowest BCUT2D eigenvalue weighted by atomic mass is 10.00. The smallest absolute Gasteiger partial charge is 0.185 e. The van der Waals surface area contributed by atoms with Crippen molar-refractivity contribution in [2.45, 2.75) is 19.9 Å². The Balaban J connectivity index is 2.20. The van der Waals surface area contributed by atoms with Crippen LogP contribution in [-0.2, 0) is 0 Å². The second kappa shape index (κ2) is 7.49. The van der Waals surface area contributed by atoms with Crippen LogP contribution in [0, 0.1) is 0 Å². The minimum absolute atomic E-state index is 0.112. The molecule has 0 fully saturated rings. The van der Waals surface area contributed by atoms with E-state index in [-0.39, 0.29) is 5.78 Å². The van der Waals surface area contributed by atoms with Crippen LogP contribution in [0.2, 0.25) is 0 Å². The molecule has 0 saturated heterocycles. The Morgan fingerprint density at radius 3 is 2.61 bits per heavy atom. The van der Waals surface area contributed by atoms with Crippen molar-refractivity contribution < 1.29 is 9.59 Å². The van der Waals surface area contributed by atoms with Crippen molar-refractivity contribution >= 4 is 23.5 Å². The fourth-order valence-electron chi connectivity index (χ4n) is 2.34. The van der Waals surface area contributed by atoms with Crippen molar-refractivity contribution in [3.8, 4) is 0 Å². The average molecular weight is 308 g/mol. The highest BCUT2D eigenvalue weighted by molar-refractivity contribution is 6.06. The summed E-state index contributed by atoms with van der Waals surface area (Å²) in [6, 6.07) is 14.1. The summed E-state index contributed by atoms with van der Waals surface area (Å²) in [5.41, 5.74) is 3.62. The summed E-state index contributed by atoms with van der Waals surface area (Å²) in [6.07, 6.45) is 0.710. The van der Waals surface area contributed by atoms with Crippen molar-refractivity contribution in [3.63, 3.8) is 0 Å². The van der Waals surface area contributed by atoms with Gasteiger partial charge in [-0.05, 0) is 31.5 Å². The normalized spacial score (nSPS) is 12.6. The molecule has 0 amide bonds. The van der Waals surface area contributed by atoms with Crippen molar-refractivity contribution in [1.29, 1.82) is 0 Å². The zero-order valence-corrected chi connectivity index (χ0v) is 13.5. The van der Waals surface area contributed by atoms with Crippen LogP contribution in [0.1, 0.15) is 40.1 Å². The number of anilines is 1. The number of aldehydes is 1. The lowest BCUT2D eigenvalue weighted by Gasteiger charge is -2.16. The molecular weight excluding hydrogens is 288 g/mol. The molecule has 0 saturated carbocycles. The molecule has 23 heavy (non-hydrogen) atoms. The zero-order valence-electron chi connectivity index (χ0n) is 13.5. The van der Waals surface area contributed by atoms with Crippen molar-refractivity contribution in [2.24, 2.45) is 4.99 Å². The van der Waals surface area contributed by atoms with Gasteiger partial charge < -0.3 is 5.32 Å². The first-order valence-electron chi connectivity index (χ1n) is 7.45. The lowest BCUT2D eigenvalue weighted by molar-refractivity contribution is 0.0969. The molecule has 0 aliphatic carbocycles. The van der Waals surface area contributed by atoms with Gasteiger partial charge in [-0.25, -0.2) is 0 Å². The second-order valence-corrected chi connectivity index (χ2v) is 5.33. The van der Waals surface area contributed by atoms with E-state index in [1.54, 1.807) is 38.2 Å². The molecule has 0 heterocycles. The quantitative estimate of drug-likeness (QED) is 0.504. The Hall–Kier alpha value is -2.75. The molecule has 4 nitrogen and oxygen atoms in total. The fourth-order valence-corrected chi connectivity index (χ4v) is 2.34. The minimum Gasteiger partial charge on any atom is -0.375 e. The van der Waals surface area contributed by atoms with Crippen LogP contribution in [-0.4, -0.2) is 30.9 Å². The van der Waals surface area contributed by atoms with Crippen LogP contribution in [0.5, 0.6) is 0 Å². The number of benzene rings is 2. The Bertz CT molecular complexity index is 751. The Labute approximate surface area is 136 Å². The van der Waals surface area contributed by atoms with Gasteiger partial charge in [0.05, 0.1) is 6.04 Å². The number of nitrogens with one attached hydrogen (secondary N) is 1. The number of hydrogen-bond donors (Lipinski definition) is 1. The van der Waals surface area contributed by atoms with Crippen molar-refractivity contribution in [1.82, 2.24) is 0 Å². The van der Waals surface area contributed by atoms with Gasteiger partial charge in [-0.2, -0.15) is 0 Å². The summed E-state index contributed by atoms with van der Waals surface area (Å²) in [7, 11) is 1.75. The maximum atomic E-state index is 12.6. The summed E-state index contributed by atoms with van der Waals surface area (Å²) < 4.78 is 0. The van der Waals surface area contributed by atoms with Gasteiger partial charge in [-0.15, -0.1) is 0 Å². The molecule has 1 unspecified atom stereocenters. The zero-order chi connectivity index (χ0) is 16.8. The number of hydrogen-bond acceptors (Lipinski definition) is 4. The van der Waals surface area contributed by atoms with Gasteiger partial charge in [0.2, 0.25) is 0 Å². The third-order valence-electron chi connectivity index (χ3n) is 3.75. The fraction of sp³-hybridized carbons (Fsp3) is 0.211. The maximum absolute atomic E-state index is 12.6. The monoisotopic (exact) mass is 308 g/mol. The van der Waals surface area contributed by atoms with Gasteiger partial charge in [0.25, 0.3) is 0 Å². The molecule has 0 bridgehead atoms. The van der Waals surface area contributed by atoms with Crippen LogP contribution in [0.25, 0.3) is 0 Å². The Kier molecular flexibility index (Phi) is 5.41. The number of ketones is 1. The van der Waals surface area contributed by atoms with Crippen LogP contribution in [0.15, 0.2) is 53.5 Å². The number of carbonyl (C=O) groups is 2. The maximum Gasteiger partial charge on any atom is 0.185 e. The number of aliphatic imine (C=N–C) groups is 1. The predicted molar refractivity (Wildman–Crippen MR) is 93.8 cm³/mol. The van der Waals surface area contributed by atoms with Gasteiger partial charge >= 0.3 is 0 Å². The summed E-state index contributed by atoms with van der Waals surface area (Å²) in [6.45, 7) is 3.73. The molecule has 2 aromatic carbocycles. The Morgan fingerprint density at radius 2 is 1.91 bits per heavy atom. The highest BCUT2D eigenvalue weighted by atomic mass is 16.1. The van der Waals surface area contributed by atoms with E-state index in [0.29, 0.717) is 17.4 Å². The van der Waals surface area contributed by atoms with E-state index in [2.05, 4.69) is 10.3 Å². The number of Topliss-reactive ketones (excluding diaryl/α,β-unsaturated/α-hetero) is 1. The van der Waals surface area contributed by atoms with E-state index in [1.165, 1.54) is 0 Å². The Morgan fingerprint density at radius 1 is 1.17 bits per heavy atom. The highest BCUT2D eigenvalue weighted by Gasteiger charge is 2.18. The van der Waals surface area contributed by atoms with Gasteiger partial charge in [0, 0.05) is 29.6 Å². The van der Waals surface area contributed by atoms with Crippen LogP contribution in [0.4, 0.5) is 5.69 Å². The summed E-state index contributed by atoms with van der Waals surface area (Å²) in [4.78, 5) is 27.8. The highest BCUT2D eigenvalue weighted by Crippen LogP contribution is 2.16. The summed E-state index contributed by atoms with van der Waals surface area (Å²) >= 11 is 0. The molecule has 2 aromatic rings. The van der Waals surface area contributed by atoms with Crippen molar-refractivity contribution in [3.05, 3.63) is 65.2 Å². The lowest BCUT2D eigenvalue weighted by Crippen LogP contribution is -2.27. The first-order valence-corrected chi connectivity index (χ1v) is 7.45. The molecule has 0 aliphatic rings. The summed E-state index contributed by atoms with van der Waals surface area (Å²) in [5.74, 6) is -0.112. The van der Waals surface area contributed by atoms with Gasteiger partial charge in [0.15, 0.2) is 12.1 Å². The van der Waals surface area contributed by atoms with E-state index < -0.39 is 6.04 Å². The van der Waals surface area contributed by atoms with Gasteiger partial charge in [-0.3, -0.25) is 14.6 Å². The van der Waals surface area contributed by atoms with Gasteiger partial charge in [0.1, 0.15) is 0 Å². The van der Waals surface area contributed by atoms with E-state index in [4.69, 9.17) is 0 Å². The van der Waals surface area contributed by atoms with Crippen LogP contribution in [0.3, 0.4) is 0 Å². The molecule has 4 heteroatoms. The van der Waals surface area contributed by atoms with Gasteiger partial charge in [-0.1, -0.05) is 36.4 Å². The van der Waals surface area contributed by atoms with E-state index in [0.717, 1.165) is 17.0 Å². The van der Waals surface area contributed by atoms with E-state index >= 15 is 0 Å². The number of carbonyl (C=O) groups excluding carboxylic acids is 2. The first kappa shape index (κ1) is 16.6. The molecule has 0 aromatic heterocycles. The third-order valence-corrected chi connectivity index (χ3v) is 3.75. The average Bonchev–Trinajstić information content (AvgIpc) is 2.60. The molecular formula is C19H20N2O2. The molecule has 118 valence electrons. The largest absolute Gasteiger partial charge is 0.375 e. The topological polar surface area (TPSA) is 58.5 Å². The van der Waals surface area contributed by atoms with Crippen molar-refractivity contribution in [2.75, 3.05) is 12.4 Å². The van der Waals surface area contributed by atoms with Crippen LogP contribution >= 0.6 is 0 Å². The summed E-state index contributed by atoms with van der Waals surface area (Å²) in [5, 5.41) is 3.19. The molecule has 0 radical (unpaired) electrons. The molecule has 0 spiro atoms. The van der Waals surface area contributed by atoms with Crippen LogP contribution < -0.4 is 5.32 Å². The third kappa shape index (κ3) is 3.92. The molecule has 0 aliphatic heterocycles. The predicted octanol–water partition coefficient (Wildman–Crippen LogP) is 3.62. The SMILES string of the molecule is CN=C(C)c1cccc(NC(C)C(=O)c2ccccc2C=O)c1. The second-order valence-electron chi connectivity index (χ2n) is 5.33. The first-order chi connectivity index (χ1) is 11.1. The molecule has 1 atom stereocenters. The number of rotatable bonds is 6. The molecule has 1 N–H and O–H groups in total. The minimum atomic E-state index is -0.440. The number of nitrogens with zero attached hydrogens (tertiary/aromatic N) is 1. The molecule has 2 rings (SSSR count). The van der Waals surface area contributed by atoms with E-state index in [1.807, 2.05) is 31.2 Å². The van der Waals surface area contributed by atoms with E-state index in [9.17, 15) is 9.59 Å². The standard InChI is InChI=1S/C19H20N2O2/c1-13(20-3)15-8-6-9-17(11-15)21-14(2)19(23)18-10-5-4-7-16(18)12-22/h4-12,14,21H,1-3H3.